The van der Waals surface area contributed by atoms with Crippen LogP contribution in [0.25, 0.3) is 0 Å². The smallest absolute Gasteiger partial charge is 0.167 e. The number of benzene rings is 1. The molecule has 0 radical (unpaired) electrons. The standard InChI is InChI=1S/C18H23N3OS/c1-13-19-10-16(20-13)12-21-9-3-4-15(11-21)18(22)14-5-7-17(23-2)8-6-14/h5-8,10,15H,3-4,9,11-12H2,1-2H3,(H,19,20)/t15-/m0/s1. The molecule has 0 amide bonds. The summed E-state index contributed by atoms with van der Waals surface area (Å²) in [5, 5.41) is 0. The van der Waals surface area contributed by atoms with Crippen LogP contribution in [0.1, 0.15) is 34.7 Å². The number of Topliss-reactive ketones (excluding diaryl/α,β-unsaturated/α-hetero) is 1. The maximum absolute atomic E-state index is 12.7. The Labute approximate surface area is 141 Å². The van der Waals surface area contributed by atoms with E-state index in [1.807, 2.05) is 43.6 Å². The lowest BCUT2D eigenvalue weighted by atomic mass is 9.90. The van der Waals surface area contributed by atoms with Gasteiger partial charge in [-0.3, -0.25) is 9.69 Å². The van der Waals surface area contributed by atoms with Gasteiger partial charge in [0.1, 0.15) is 5.82 Å². The number of piperidine rings is 1. The first-order valence-corrected chi connectivity index (χ1v) is 9.29. The van der Waals surface area contributed by atoms with Crippen molar-refractivity contribution in [3.8, 4) is 0 Å². The quantitative estimate of drug-likeness (QED) is 0.673. The molecule has 0 bridgehead atoms. The van der Waals surface area contributed by atoms with E-state index >= 15 is 0 Å². The number of hydrogen-bond acceptors (Lipinski definition) is 4. The molecule has 1 aliphatic rings. The molecule has 1 aromatic heterocycles. The van der Waals surface area contributed by atoms with Gasteiger partial charge in [0.2, 0.25) is 0 Å². The number of hydrogen-bond donors (Lipinski definition) is 1. The number of nitrogens with one attached hydrogen (secondary N) is 1. The van der Waals surface area contributed by atoms with E-state index < -0.39 is 0 Å². The average molecular weight is 329 g/mol. The third-order valence-corrected chi connectivity index (χ3v) is 5.14. The molecule has 1 aliphatic heterocycles. The lowest BCUT2D eigenvalue weighted by Gasteiger charge is -2.31. The molecule has 0 unspecified atom stereocenters. The van der Waals surface area contributed by atoms with E-state index in [2.05, 4.69) is 14.9 Å². The summed E-state index contributed by atoms with van der Waals surface area (Å²) in [6.07, 6.45) is 6.00. The molecular formula is C18H23N3OS. The molecule has 1 N–H and O–H groups in total. The van der Waals surface area contributed by atoms with Crippen molar-refractivity contribution in [2.24, 2.45) is 5.92 Å². The number of H-pyrrole nitrogens is 1. The molecule has 23 heavy (non-hydrogen) atoms. The number of nitrogens with zero attached hydrogens (tertiary/aromatic N) is 2. The van der Waals surface area contributed by atoms with Crippen LogP contribution < -0.4 is 0 Å². The molecule has 122 valence electrons. The fraction of sp³-hybridized carbons (Fsp3) is 0.444. The van der Waals surface area contributed by atoms with E-state index in [-0.39, 0.29) is 11.7 Å². The summed E-state index contributed by atoms with van der Waals surface area (Å²) < 4.78 is 0. The van der Waals surface area contributed by atoms with Crippen LogP contribution in [-0.2, 0) is 6.54 Å². The number of carbonyl (C=O) groups excluding carboxylic acids is 1. The van der Waals surface area contributed by atoms with Gasteiger partial charge in [-0.15, -0.1) is 11.8 Å². The SMILES string of the molecule is CSc1ccc(C(=O)[C@H]2CCCN(Cc3cnc(C)[nH]3)C2)cc1. The minimum atomic E-state index is 0.105. The van der Waals surface area contributed by atoms with Crippen molar-refractivity contribution >= 4 is 17.5 Å². The fourth-order valence-corrected chi connectivity index (χ4v) is 3.61. The Balaban J connectivity index is 1.63. The van der Waals surface area contributed by atoms with Gasteiger partial charge in [-0.25, -0.2) is 4.98 Å². The van der Waals surface area contributed by atoms with Crippen molar-refractivity contribution in [3.05, 3.63) is 47.5 Å². The van der Waals surface area contributed by atoms with Gasteiger partial charge in [0, 0.05) is 41.4 Å². The molecule has 2 heterocycles. The zero-order chi connectivity index (χ0) is 16.2. The number of thioether (sulfide) groups is 1. The Hall–Kier alpha value is -1.59. The Morgan fingerprint density at radius 1 is 1.39 bits per heavy atom. The number of likely N-dealkylation sites (tertiary alicyclic amines) is 1. The summed E-state index contributed by atoms with van der Waals surface area (Å²) in [6, 6.07) is 7.99. The Morgan fingerprint density at radius 2 is 2.17 bits per heavy atom. The highest BCUT2D eigenvalue weighted by Crippen LogP contribution is 2.23. The van der Waals surface area contributed by atoms with Crippen LogP contribution in [0, 0.1) is 12.8 Å². The maximum atomic E-state index is 12.7. The number of imidazole rings is 1. The van der Waals surface area contributed by atoms with Gasteiger partial charge in [-0.05, 0) is 44.7 Å². The van der Waals surface area contributed by atoms with Crippen LogP contribution in [0.5, 0.6) is 0 Å². The monoisotopic (exact) mass is 329 g/mol. The van der Waals surface area contributed by atoms with Gasteiger partial charge in [-0.1, -0.05) is 12.1 Å². The number of aromatic nitrogens is 2. The van der Waals surface area contributed by atoms with Crippen LogP contribution in [0.15, 0.2) is 35.4 Å². The Morgan fingerprint density at radius 3 is 2.83 bits per heavy atom. The van der Waals surface area contributed by atoms with E-state index in [1.54, 1.807) is 11.8 Å². The van der Waals surface area contributed by atoms with Crippen molar-refractivity contribution in [1.29, 1.82) is 0 Å². The largest absolute Gasteiger partial charge is 0.345 e. The Kier molecular flexibility index (Phi) is 5.18. The lowest BCUT2D eigenvalue weighted by molar-refractivity contribution is 0.0810. The van der Waals surface area contributed by atoms with Gasteiger partial charge in [0.05, 0.1) is 0 Å². The molecule has 0 saturated carbocycles. The summed E-state index contributed by atoms with van der Waals surface area (Å²) in [5.74, 6) is 1.33. The third kappa shape index (κ3) is 4.03. The van der Waals surface area contributed by atoms with Crippen LogP contribution >= 0.6 is 11.8 Å². The maximum Gasteiger partial charge on any atom is 0.167 e. The molecule has 0 spiro atoms. The topological polar surface area (TPSA) is 49.0 Å². The lowest BCUT2D eigenvalue weighted by Crippen LogP contribution is -2.38. The first-order chi connectivity index (χ1) is 11.2. The summed E-state index contributed by atoms with van der Waals surface area (Å²) in [4.78, 5) is 23.8. The predicted octanol–water partition coefficient (Wildman–Crippen LogP) is 3.53. The number of aromatic amines is 1. The van der Waals surface area contributed by atoms with E-state index in [1.165, 1.54) is 4.90 Å². The van der Waals surface area contributed by atoms with Gasteiger partial charge in [0.15, 0.2) is 5.78 Å². The summed E-state index contributed by atoms with van der Waals surface area (Å²) in [5.41, 5.74) is 1.96. The first kappa shape index (κ1) is 16.3. The summed E-state index contributed by atoms with van der Waals surface area (Å²) in [7, 11) is 0. The number of ketones is 1. The second-order valence-corrected chi connectivity index (χ2v) is 7.04. The zero-order valence-corrected chi connectivity index (χ0v) is 14.5. The molecular weight excluding hydrogens is 306 g/mol. The van der Waals surface area contributed by atoms with Crippen LogP contribution in [0.3, 0.4) is 0 Å². The second kappa shape index (κ2) is 7.32. The highest BCUT2D eigenvalue weighted by atomic mass is 32.2. The number of aryl methyl sites for hydroxylation is 1. The van der Waals surface area contributed by atoms with Crippen LogP contribution in [0.4, 0.5) is 0 Å². The second-order valence-electron chi connectivity index (χ2n) is 6.16. The van der Waals surface area contributed by atoms with E-state index in [0.29, 0.717) is 0 Å². The van der Waals surface area contributed by atoms with Crippen LogP contribution in [0.2, 0.25) is 0 Å². The third-order valence-electron chi connectivity index (χ3n) is 4.40. The average Bonchev–Trinajstić information content (AvgIpc) is 2.99. The molecule has 2 aromatic rings. The van der Waals surface area contributed by atoms with Gasteiger partial charge in [0.25, 0.3) is 0 Å². The highest BCUT2D eigenvalue weighted by Gasteiger charge is 2.26. The molecule has 1 aromatic carbocycles. The van der Waals surface area contributed by atoms with Crippen molar-refractivity contribution < 1.29 is 4.79 Å². The van der Waals surface area contributed by atoms with E-state index in [0.717, 1.165) is 49.6 Å². The van der Waals surface area contributed by atoms with Gasteiger partial charge >= 0.3 is 0 Å². The molecule has 1 atom stereocenters. The molecule has 1 saturated heterocycles. The van der Waals surface area contributed by atoms with Gasteiger partial charge in [-0.2, -0.15) is 0 Å². The van der Waals surface area contributed by atoms with Crippen molar-refractivity contribution in [2.75, 3.05) is 19.3 Å². The molecule has 4 nitrogen and oxygen atoms in total. The van der Waals surface area contributed by atoms with Crippen molar-refractivity contribution in [1.82, 2.24) is 14.9 Å². The molecule has 0 aliphatic carbocycles. The predicted molar refractivity (Wildman–Crippen MR) is 93.9 cm³/mol. The molecule has 1 fully saturated rings. The summed E-state index contributed by atoms with van der Waals surface area (Å²) in [6.45, 7) is 4.69. The normalized spacial score (nSPS) is 19.0. The van der Waals surface area contributed by atoms with Crippen LogP contribution in [-0.4, -0.2) is 40.0 Å². The van der Waals surface area contributed by atoms with Crippen molar-refractivity contribution in [2.45, 2.75) is 31.2 Å². The fourth-order valence-electron chi connectivity index (χ4n) is 3.20. The first-order valence-electron chi connectivity index (χ1n) is 8.07. The highest BCUT2D eigenvalue weighted by molar-refractivity contribution is 7.98. The van der Waals surface area contributed by atoms with Crippen molar-refractivity contribution in [3.63, 3.8) is 0 Å². The summed E-state index contributed by atoms with van der Waals surface area (Å²) >= 11 is 1.70. The van der Waals surface area contributed by atoms with Gasteiger partial charge < -0.3 is 4.98 Å². The number of carbonyl (C=O) groups is 1. The minimum Gasteiger partial charge on any atom is -0.345 e. The minimum absolute atomic E-state index is 0.105. The molecule has 3 rings (SSSR count). The zero-order valence-electron chi connectivity index (χ0n) is 13.7. The van der Waals surface area contributed by atoms with E-state index in [9.17, 15) is 4.79 Å². The van der Waals surface area contributed by atoms with E-state index in [4.69, 9.17) is 0 Å². The number of rotatable bonds is 5. The molecule has 5 heteroatoms. The Bertz CT molecular complexity index is 665.